The van der Waals surface area contributed by atoms with Crippen LogP contribution in [0.25, 0.3) is 0 Å². The molecule has 0 amide bonds. The van der Waals surface area contributed by atoms with E-state index in [2.05, 4.69) is 4.99 Å². The van der Waals surface area contributed by atoms with Crippen molar-refractivity contribution in [2.24, 2.45) is 10.7 Å². The van der Waals surface area contributed by atoms with E-state index in [0.29, 0.717) is 0 Å². The van der Waals surface area contributed by atoms with Crippen molar-refractivity contribution in [1.29, 1.82) is 5.41 Å². The van der Waals surface area contributed by atoms with Gasteiger partial charge in [-0.3, -0.25) is 0 Å². The van der Waals surface area contributed by atoms with Crippen molar-refractivity contribution in [2.75, 3.05) is 0 Å². The first kappa shape index (κ1) is 14.2. The smallest absolute Gasteiger partial charge is 0.313 e. The molecule has 0 spiro atoms. The summed E-state index contributed by atoms with van der Waals surface area (Å²) in [7, 11) is 0. The maximum absolute atomic E-state index is 7.70. The number of ether oxygens (including phenoxy) is 2. The molecular weight excluding hydrogens is 242 g/mol. The van der Waals surface area contributed by atoms with Gasteiger partial charge in [-0.15, -0.1) is 4.99 Å². The number of rotatable bonds is 2. The van der Waals surface area contributed by atoms with Crippen LogP contribution in [0.4, 0.5) is 0 Å². The van der Waals surface area contributed by atoms with Crippen LogP contribution in [0.5, 0.6) is 0 Å². The standard InChI is InChI=1S/C14H25N3O2/c15-13(18-11-7-3-1-4-8-11)17-14(16)19-12-9-5-2-6-10-12/h11-12H,1-10H2,(H3,15,16,17). The Morgan fingerprint density at radius 1 is 0.842 bits per heavy atom. The van der Waals surface area contributed by atoms with Crippen LogP contribution in [-0.2, 0) is 9.47 Å². The van der Waals surface area contributed by atoms with Crippen molar-refractivity contribution >= 4 is 12.0 Å². The number of hydrogen-bond acceptors (Lipinski definition) is 3. The number of nitrogens with zero attached hydrogens (tertiary/aromatic N) is 1. The van der Waals surface area contributed by atoms with Crippen LogP contribution < -0.4 is 5.73 Å². The summed E-state index contributed by atoms with van der Waals surface area (Å²) in [4.78, 5) is 3.90. The Morgan fingerprint density at radius 2 is 1.32 bits per heavy atom. The van der Waals surface area contributed by atoms with E-state index in [1.807, 2.05) is 0 Å². The van der Waals surface area contributed by atoms with Crippen molar-refractivity contribution in [3.8, 4) is 0 Å². The second-order valence-corrected chi connectivity index (χ2v) is 5.51. The molecule has 0 bridgehead atoms. The summed E-state index contributed by atoms with van der Waals surface area (Å²) >= 11 is 0. The molecule has 2 rings (SSSR count). The first-order valence-electron chi connectivity index (χ1n) is 7.50. The molecule has 0 aromatic rings. The minimum atomic E-state index is -0.111. The molecule has 2 aliphatic rings. The van der Waals surface area contributed by atoms with Crippen LogP contribution >= 0.6 is 0 Å². The predicted octanol–water partition coefficient (Wildman–Crippen LogP) is 2.93. The molecule has 2 fully saturated rings. The number of nitrogens with one attached hydrogen (secondary N) is 1. The summed E-state index contributed by atoms with van der Waals surface area (Å²) in [6.07, 6.45) is 11.7. The Labute approximate surface area is 115 Å². The third kappa shape index (κ3) is 5.09. The topological polar surface area (TPSA) is 80.7 Å². The van der Waals surface area contributed by atoms with Gasteiger partial charge < -0.3 is 15.2 Å². The highest BCUT2D eigenvalue weighted by atomic mass is 16.5. The Bertz CT molecular complexity index is 319. The maximum atomic E-state index is 7.70. The Balaban J connectivity index is 1.73. The molecular formula is C14H25N3O2. The Kier molecular flexibility index (Phi) is 5.48. The normalized spacial score (nSPS) is 23.1. The van der Waals surface area contributed by atoms with Gasteiger partial charge in [-0.2, -0.15) is 0 Å². The largest absolute Gasteiger partial charge is 0.462 e. The molecule has 0 atom stereocenters. The predicted molar refractivity (Wildman–Crippen MR) is 75.3 cm³/mol. The summed E-state index contributed by atoms with van der Waals surface area (Å²) in [6, 6.07) is -0.0343. The van der Waals surface area contributed by atoms with Crippen molar-refractivity contribution in [3.05, 3.63) is 0 Å². The van der Waals surface area contributed by atoms with E-state index in [-0.39, 0.29) is 24.3 Å². The van der Waals surface area contributed by atoms with Gasteiger partial charge in [-0.1, -0.05) is 12.8 Å². The van der Waals surface area contributed by atoms with Crippen molar-refractivity contribution in [3.63, 3.8) is 0 Å². The molecule has 2 saturated carbocycles. The third-order valence-electron chi connectivity index (χ3n) is 3.88. The molecule has 0 radical (unpaired) electrons. The molecule has 5 nitrogen and oxygen atoms in total. The highest BCUT2D eigenvalue weighted by Gasteiger charge is 2.18. The molecule has 0 heterocycles. The molecule has 19 heavy (non-hydrogen) atoms. The van der Waals surface area contributed by atoms with Crippen LogP contribution in [0.15, 0.2) is 4.99 Å². The quantitative estimate of drug-likeness (QED) is 0.596. The summed E-state index contributed by atoms with van der Waals surface area (Å²) in [5.41, 5.74) is 5.72. The zero-order chi connectivity index (χ0) is 13.5. The van der Waals surface area contributed by atoms with Crippen LogP contribution in [0.3, 0.4) is 0 Å². The zero-order valence-corrected chi connectivity index (χ0v) is 11.6. The van der Waals surface area contributed by atoms with Gasteiger partial charge in [0.15, 0.2) is 0 Å². The number of amidine groups is 2. The maximum Gasteiger partial charge on any atom is 0.313 e. The van der Waals surface area contributed by atoms with Gasteiger partial charge in [-0.25, -0.2) is 5.41 Å². The van der Waals surface area contributed by atoms with E-state index < -0.39 is 0 Å². The fourth-order valence-electron chi connectivity index (χ4n) is 2.85. The van der Waals surface area contributed by atoms with Crippen LogP contribution in [0.1, 0.15) is 64.2 Å². The van der Waals surface area contributed by atoms with E-state index in [9.17, 15) is 0 Å². The van der Waals surface area contributed by atoms with E-state index in [4.69, 9.17) is 20.6 Å². The lowest BCUT2D eigenvalue weighted by atomic mass is 9.98. The average Bonchev–Trinajstić information content (AvgIpc) is 2.40. The lowest BCUT2D eigenvalue weighted by Gasteiger charge is -2.23. The van der Waals surface area contributed by atoms with Crippen molar-refractivity contribution in [1.82, 2.24) is 0 Å². The van der Waals surface area contributed by atoms with Gasteiger partial charge in [0.1, 0.15) is 12.2 Å². The minimum absolute atomic E-state index is 0.0766. The molecule has 0 aromatic carbocycles. The molecule has 0 unspecified atom stereocenters. The SMILES string of the molecule is N=C(/N=C(\N)OC1CCCCC1)OC1CCCCC1. The fraction of sp³-hybridized carbons (Fsp3) is 0.857. The van der Waals surface area contributed by atoms with Crippen LogP contribution in [0, 0.1) is 5.41 Å². The number of hydrogen-bond donors (Lipinski definition) is 2. The van der Waals surface area contributed by atoms with Crippen LogP contribution in [-0.4, -0.2) is 24.3 Å². The van der Waals surface area contributed by atoms with E-state index >= 15 is 0 Å². The molecule has 5 heteroatoms. The molecule has 0 aromatic heterocycles. The van der Waals surface area contributed by atoms with Gasteiger partial charge in [0, 0.05) is 0 Å². The lowest BCUT2D eigenvalue weighted by Crippen LogP contribution is -2.28. The van der Waals surface area contributed by atoms with E-state index in [1.165, 1.54) is 38.5 Å². The molecule has 108 valence electrons. The summed E-state index contributed by atoms with van der Waals surface area (Å²) in [6.45, 7) is 0. The zero-order valence-electron chi connectivity index (χ0n) is 11.6. The monoisotopic (exact) mass is 267 g/mol. The molecule has 3 N–H and O–H groups in total. The van der Waals surface area contributed by atoms with Gasteiger partial charge in [-0.05, 0) is 51.4 Å². The minimum Gasteiger partial charge on any atom is -0.462 e. The third-order valence-corrected chi connectivity index (χ3v) is 3.88. The van der Waals surface area contributed by atoms with Crippen LogP contribution in [0.2, 0.25) is 0 Å². The second-order valence-electron chi connectivity index (χ2n) is 5.51. The lowest BCUT2D eigenvalue weighted by molar-refractivity contribution is 0.131. The first-order valence-corrected chi connectivity index (χ1v) is 7.50. The van der Waals surface area contributed by atoms with E-state index in [1.54, 1.807) is 0 Å². The number of aliphatic imine (C=N–C) groups is 1. The average molecular weight is 267 g/mol. The summed E-state index contributed by atoms with van der Waals surface area (Å²) in [5.74, 6) is 0. The van der Waals surface area contributed by atoms with Gasteiger partial charge >= 0.3 is 6.02 Å². The second kappa shape index (κ2) is 7.36. The highest BCUT2D eigenvalue weighted by molar-refractivity contribution is 5.86. The van der Waals surface area contributed by atoms with E-state index in [0.717, 1.165) is 25.7 Å². The van der Waals surface area contributed by atoms with Crippen molar-refractivity contribution in [2.45, 2.75) is 76.4 Å². The fourth-order valence-corrected chi connectivity index (χ4v) is 2.85. The van der Waals surface area contributed by atoms with Crippen molar-refractivity contribution < 1.29 is 9.47 Å². The van der Waals surface area contributed by atoms with Gasteiger partial charge in [0.2, 0.25) is 0 Å². The van der Waals surface area contributed by atoms with Gasteiger partial charge in [0.25, 0.3) is 6.02 Å². The first-order chi connectivity index (χ1) is 9.24. The highest BCUT2D eigenvalue weighted by Crippen LogP contribution is 2.21. The Morgan fingerprint density at radius 3 is 1.84 bits per heavy atom. The number of nitrogens with two attached hydrogens (primary N) is 1. The Hall–Kier alpha value is -1.26. The molecule has 2 aliphatic carbocycles. The molecule has 0 saturated heterocycles. The molecule has 0 aliphatic heterocycles. The summed E-state index contributed by atoms with van der Waals surface area (Å²) in [5, 5.41) is 7.70. The summed E-state index contributed by atoms with van der Waals surface area (Å²) < 4.78 is 11.0. The van der Waals surface area contributed by atoms with Gasteiger partial charge in [0.05, 0.1) is 0 Å².